The smallest absolute Gasteiger partial charge is 0.255 e. The number of carbonyl (C=O) groups excluding carboxylic acids is 1. The van der Waals surface area contributed by atoms with E-state index < -0.39 is 0 Å². The van der Waals surface area contributed by atoms with Crippen molar-refractivity contribution in [1.82, 2.24) is 10.2 Å². The molecule has 27 heavy (non-hydrogen) atoms. The molecule has 2 heterocycles. The van der Waals surface area contributed by atoms with Crippen LogP contribution in [0.25, 0.3) is 0 Å². The van der Waals surface area contributed by atoms with Gasteiger partial charge in [0.05, 0.1) is 18.4 Å². The van der Waals surface area contributed by atoms with E-state index >= 15 is 0 Å². The molecule has 2 N–H and O–H groups in total. The maximum absolute atomic E-state index is 13.2. The van der Waals surface area contributed by atoms with Crippen LogP contribution < -0.4 is 15.4 Å². The number of methoxy groups -OCH3 is 1. The third kappa shape index (κ3) is 3.78. The van der Waals surface area contributed by atoms with Crippen LogP contribution in [-0.4, -0.2) is 44.1 Å². The number of ether oxygens (including phenoxy) is 1. The summed E-state index contributed by atoms with van der Waals surface area (Å²) in [6, 6.07) is 15.5. The summed E-state index contributed by atoms with van der Waals surface area (Å²) in [5.41, 5.74) is 2.92. The van der Waals surface area contributed by atoms with Crippen molar-refractivity contribution in [3.8, 4) is 5.75 Å². The number of hydrogen-bond acceptors (Lipinski definition) is 4. The van der Waals surface area contributed by atoms with Gasteiger partial charge in [0.25, 0.3) is 5.91 Å². The first-order chi connectivity index (χ1) is 13.2. The van der Waals surface area contributed by atoms with E-state index in [2.05, 4.69) is 10.6 Å². The molecule has 142 valence electrons. The second kappa shape index (κ2) is 7.61. The number of rotatable bonds is 4. The van der Waals surface area contributed by atoms with Gasteiger partial charge in [-0.3, -0.25) is 4.79 Å². The number of nitrogens with one attached hydrogen (secondary N) is 2. The van der Waals surface area contributed by atoms with Crippen LogP contribution >= 0.6 is 0 Å². The fraction of sp³-hybridized carbons (Fsp3) is 0.409. The van der Waals surface area contributed by atoms with E-state index in [-0.39, 0.29) is 5.91 Å². The fourth-order valence-corrected chi connectivity index (χ4v) is 4.19. The molecule has 0 radical (unpaired) electrons. The van der Waals surface area contributed by atoms with Crippen LogP contribution in [0, 0.1) is 5.41 Å². The topological polar surface area (TPSA) is 53.6 Å². The second-order valence-electron chi connectivity index (χ2n) is 7.62. The lowest BCUT2D eigenvalue weighted by atomic mass is 9.78. The van der Waals surface area contributed by atoms with E-state index in [4.69, 9.17) is 4.74 Å². The van der Waals surface area contributed by atoms with Gasteiger partial charge in [0.15, 0.2) is 0 Å². The summed E-state index contributed by atoms with van der Waals surface area (Å²) in [5, 5.41) is 6.86. The predicted molar refractivity (Wildman–Crippen MR) is 108 cm³/mol. The number of amides is 1. The number of benzene rings is 2. The molecule has 0 bridgehead atoms. The lowest BCUT2D eigenvalue weighted by Gasteiger charge is -2.39. The number of nitrogens with zero attached hydrogens (tertiary/aromatic N) is 1. The van der Waals surface area contributed by atoms with Crippen molar-refractivity contribution < 1.29 is 9.53 Å². The first-order valence-electron chi connectivity index (χ1n) is 9.69. The van der Waals surface area contributed by atoms with Crippen LogP contribution in [0.4, 0.5) is 11.4 Å². The Bertz CT molecular complexity index is 787. The van der Waals surface area contributed by atoms with Crippen molar-refractivity contribution >= 4 is 17.3 Å². The number of anilines is 2. The average molecular weight is 365 g/mol. The van der Waals surface area contributed by atoms with Crippen molar-refractivity contribution in [3.63, 3.8) is 0 Å². The van der Waals surface area contributed by atoms with Crippen LogP contribution in [0.1, 0.15) is 29.6 Å². The standard InChI is InChI=1S/C22H27N3O2/c1-27-18-8-6-17(7-9-18)24-20-5-3-2-4-19(20)21(26)25-14-11-22(12-15-25)10-13-23-16-22/h2-9,23-24H,10-16H2,1H3. The molecule has 2 aliphatic rings. The Morgan fingerprint density at radius 2 is 1.81 bits per heavy atom. The number of para-hydroxylation sites is 1. The molecule has 5 heteroatoms. The Morgan fingerprint density at radius 3 is 2.48 bits per heavy atom. The van der Waals surface area contributed by atoms with E-state index in [0.717, 1.165) is 61.7 Å². The third-order valence-electron chi connectivity index (χ3n) is 5.97. The maximum Gasteiger partial charge on any atom is 0.255 e. The molecule has 2 saturated heterocycles. The van der Waals surface area contributed by atoms with Crippen molar-refractivity contribution in [3.05, 3.63) is 54.1 Å². The van der Waals surface area contributed by atoms with Crippen molar-refractivity contribution in [2.75, 3.05) is 38.6 Å². The molecule has 5 nitrogen and oxygen atoms in total. The molecule has 2 aliphatic heterocycles. The van der Waals surface area contributed by atoms with E-state index in [1.807, 2.05) is 53.4 Å². The lowest BCUT2D eigenvalue weighted by molar-refractivity contribution is 0.0608. The molecule has 4 rings (SSSR count). The minimum Gasteiger partial charge on any atom is -0.497 e. The Balaban J connectivity index is 1.47. The van der Waals surface area contributed by atoms with Gasteiger partial charge in [0.2, 0.25) is 0 Å². The minimum absolute atomic E-state index is 0.118. The quantitative estimate of drug-likeness (QED) is 0.868. The summed E-state index contributed by atoms with van der Waals surface area (Å²) in [5.74, 6) is 0.931. The van der Waals surface area contributed by atoms with Gasteiger partial charge in [-0.25, -0.2) is 0 Å². The van der Waals surface area contributed by atoms with Crippen LogP contribution in [-0.2, 0) is 0 Å². The largest absolute Gasteiger partial charge is 0.497 e. The van der Waals surface area contributed by atoms with E-state index in [1.54, 1.807) is 7.11 Å². The number of piperidine rings is 1. The maximum atomic E-state index is 13.2. The van der Waals surface area contributed by atoms with Crippen LogP contribution in [0.2, 0.25) is 0 Å². The first kappa shape index (κ1) is 17.9. The molecule has 2 aromatic carbocycles. The van der Waals surface area contributed by atoms with Gasteiger partial charge < -0.3 is 20.3 Å². The van der Waals surface area contributed by atoms with Crippen molar-refractivity contribution in [2.45, 2.75) is 19.3 Å². The summed E-state index contributed by atoms with van der Waals surface area (Å²) >= 11 is 0. The van der Waals surface area contributed by atoms with Gasteiger partial charge in [-0.05, 0) is 67.6 Å². The second-order valence-corrected chi connectivity index (χ2v) is 7.62. The molecule has 0 atom stereocenters. The third-order valence-corrected chi connectivity index (χ3v) is 5.97. The fourth-order valence-electron chi connectivity index (χ4n) is 4.19. The molecule has 2 aromatic rings. The minimum atomic E-state index is 0.118. The molecular weight excluding hydrogens is 338 g/mol. The highest BCUT2D eigenvalue weighted by Crippen LogP contribution is 2.37. The van der Waals surface area contributed by atoms with Gasteiger partial charge in [0.1, 0.15) is 5.75 Å². The number of carbonyl (C=O) groups is 1. The number of likely N-dealkylation sites (tertiary alicyclic amines) is 1. The van der Waals surface area contributed by atoms with Gasteiger partial charge in [-0.15, -0.1) is 0 Å². The zero-order valence-corrected chi connectivity index (χ0v) is 15.8. The van der Waals surface area contributed by atoms with Crippen LogP contribution in [0.15, 0.2) is 48.5 Å². The van der Waals surface area contributed by atoms with E-state index in [0.29, 0.717) is 5.41 Å². The SMILES string of the molecule is COc1ccc(Nc2ccccc2C(=O)N2CCC3(CCNC3)CC2)cc1. The van der Waals surface area contributed by atoms with Gasteiger partial charge >= 0.3 is 0 Å². The summed E-state index contributed by atoms with van der Waals surface area (Å²) < 4.78 is 5.21. The Labute approximate surface area is 160 Å². The average Bonchev–Trinajstić information content (AvgIpc) is 3.17. The highest BCUT2D eigenvalue weighted by atomic mass is 16.5. The predicted octanol–water partition coefficient (Wildman–Crippen LogP) is 3.65. The zero-order chi connectivity index (χ0) is 18.7. The summed E-state index contributed by atoms with van der Waals surface area (Å²) in [6.07, 6.45) is 3.43. The van der Waals surface area contributed by atoms with E-state index in [1.165, 1.54) is 6.42 Å². The summed E-state index contributed by atoms with van der Waals surface area (Å²) in [6.45, 7) is 3.90. The Hall–Kier alpha value is -2.53. The summed E-state index contributed by atoms with van der Waals surface area (Å²) in [7, 11) is 1.65. The first-order valence-corrected chi connectivity index (χ1v) is 9.69. The van der Waals surface area contributed by atoms with Crippen molar-refractivity contribution in [1.29, 1.82) is 0 Å². The van der Waals surface area contributed by atoms with Gasteiger partial charge in [0, 0.05) is 25.3 Å². The highest BCUT2D eigenvalue weighted by molar-refractivity contribution is 6.00. The van der Waals surface area contributed by atoms with Crippen molar-refractivity contribution in [2.24, 2.45) is 5.41 Å². The molecule has 0 aromatic heterocycles. The lowest BCUT2D eigenvalue weighted by Crippen LogP contribution is -2.44. The zero-order valence-electron chi connectivity index (χ0n) is 15.8. The van der Waals surface area contributed by atoms with E-state index in [9.17, 15) is 4.79 Å². The van der Waals surface area contributed by atoms with Crippen LogP contribution in [0.3, 0.4) is 0 Å². The Kier molecular flexibility index (Phi) is 5.03. The molecule has 2 fully saturated rings. The molecule has 0 saturated carbocycles. The monoisotopic (exact) mass is 365 g/mol. The molecule has 1 spiro atoms. The highest BCUT2D eigenvalue weighted by Gasteiger charge is 2.38. The molecular formula is C22H27N3O2. The normalized spacial score (nSPS) is 18.5. The number of hydrogen-bond donors (Lipinski definition) is 2. The molecule has 0 aliphatic carbocycles. The molecule has 0 unspecified atom stereocenters. The Morgan fingerprint density at radius 1 is 1.07 bits per heavy atom. The summed E-state index contributed by atoms with van der Waals surface area (Å²) in [4.78, 5) is 15.2. The molecule has 1 amide bonds. The van der Waals surface area contributed by atoms with Gasteiger partial charge in [-0.2, -0.15) is 0 Å². The van der Waals surface area contributed by atoms with Gasteiger partial charge in [-0.1, -0.05) is 12.1 Å². The van der Waals surface area contributed by atoms with Crippen LogP contribution in [0.5, 0.6) is 5.75 Å².